The lowest BCUT2D eigenvalue weighted by Crippen LogP contribution is -2.53. The monoisotopic (exact) mass is 583 g/mol. The fourth-order valence-electron chi connectivity index (χ4n) is 4.54. The van der Waals surface area contributed by atoms with E-state index in [-0.39, 0.29) is 24.2 Å². The zero-order valence-corrected chi connectivity index (χ0v) is 24.3. The van der Waals surface area contributed by atoms with Gasteiger partial charge in [-0.05, 0) is 51.0 Å². The lowest BCUT2D eigenvalue weighted by Gasteiger charge is -2.33. The van der Waals surface area contributed by atoms with Crippen LogP contribution in [0.25, 0.3) is 0 Å². The number of carbonyl (C=O) groups excluding carboxylic acids is 2. The normalized spacial score (nSPS) is 15.0. The van der Waals surface area contributed by atoms with E-state index >= 15 is 0 Å². The third kappa shape index (κ3) is 7.77. The number of ether oxygens (including phenoxy) is 1. The Balaban J connectivity index is 1.95. The van der Waals surface area contributed by atoms with Gasteiger partial charge in [0.2, 0.25) is 21.8 Å². The molecule has 0 heterocycles. The van der Waals surface area contributed by atoms with Crippen LogP contribution in [0.1, 0.15) is 51.5 Å². The van der Waals surface area contributed by atoms with Gasteiger partial charge in [0, 0.05) is 28.2 Å². The van der Waals surface area contributed by atoms with E-state index in [0.29, 0.717) is 28.0 Å². The molecule has 11 heteroatoms. The largest absolute Gasteiger partial charge is 0.492 e. The van der Waals surface area contributed by atoms with Gasteiger partial charge >= 0.3 is 0 Å². The van der Waals surface area contributed by atoms with Gasteiger partial charge in [-0.2, -0.15) is 0 Å². The van der Waals surface area contributed by atoms with Crippen molar-refractivity contribution < 1.29 is 22.7 Å². The zero-order chi connectivity index (χ0) is 27.9. The second kappa shape index (κ2) is 13.5. The van der Waals surface area contributed by atoms with Crippen molar-refractivity contribution >= 4 is 50.7 Å². The molecule has 3 rings (SSSR count). The maximum atomic E-state index is 13.8. The summed E-state index contributed by atoms with van der Waals surface area (Å²) in [6, 6.07) is 10.7. The summed E-state index contributed by atoms with van der Waals surface area (Å²) >= 11 is 12.8. The number of anilines is 1. The van der Waals surface area contributed by atoms with Crippen molar-refractivity contribution in [2.24, 2.45) is 0 Å². The molecule has 8 nitrogen and oxygen atoms in total. The minimum atomic E-state index is -3.89. The Morgan fingerprint density at radius 3 is 2.29 bits per heavy atom. The summed E-state index contributed by atoms with van der Waals surface area (Å²) in [5.41, 5.74) is 0.711. The number of nitrogens with zero attached hydrogens (tertiary/aromatic N) is 2. The van der Waals surface area contributed by atoms with E-state index in [0.717, 1.165) is 42.7 Å². The van der Waals surface area contributed by atoms with Gasteiger partial charge in [-0.1, -0.05) is 60.7 Å². The van der Waals surface area contributed by atoms with Crippen molar-refractivity contribution in [3.05, 3.63) is 58.1 Å². The Labute approximate surface area is 235 Å². The smallest absolute Gasteiger partial charge is 0.244 e. The first-order chi connectivity index (χ1) is 18.0. The van der Waals surface area contributed by atoms with E-state index < -0.39 is 28.5 Å². The summed E-state index contributed by atoms with van der Waals surface area (Å²) in [6.07, 6.45) is 6.02. The predicted octanol–water partition coefficient (Wildman–Crippen LogP) is 5.02. The molecule has 2 aromatic carbocycles. The van der Waals surface area contributed by atoms with Crippen LogP contribution in [0.3, 0.4) is 0 Å². The van der Waals surface area contributed by atoms with Crippen molar-refractivity contribution in [2.75, 3.05) is 23.7 Å². The fraction of sp³-hybridized carbons (Fsp3) is 0.481. The second-order valence-corrected chi connectivity index (χ2v) is 12.1. The molecular weight excluding hydrogens is 549 g/mol. The third-order valence-corrected chi connectivity index (χ3v) is 8.46. The first-order valence-corrected chi connectivity index (χ1v) is 15.4. The summed E-state index contributed by atoms with van der Waals surface area (Å²) < 4.78 is 32.3. The SMILES string of the molecule is CCOc1ccccc1N(CC(=O)N(Cc1c(Cl)cccc1Cl)[C@H](C)C(=O)NC1CCCCC1)S(C)(=O)=O. The molecule has 2 aromatic rings. The zero-order valence-electron chi connectivity index (χ0n) is 22.0. The standard InChI is InChI=1S/C27H35Cl2N3O5S/c1-4-37-25-16-9-8-15-24(25)32(38(3,35)36)18-26(33)31(17-21-22(28)13-10-14-23(21)29)19(2)27(34)30-20-11-6-5-7-12-20/h8-10,13-16,19-20H,4-7,11-12,17-18H2,1-3H3,(H,30,34)/t19-/m1/s1. The van der Waals surface area contributed by atoms with E-state index in [1.54, 1.807) is 56.3 Å². The summed E-state index contributed by atoms with van der Waals surface area (Å²) in [5.74, 6) is -0.560. The Morgan fingerprint density at radius 2 is 1.68 bits per heavy atom. The fourth-order valence-corrected chi connectivity index (χ4v) is 5.91. The van der Waals surface area contributed by atoms with Crippen LogP contribution in [0.15, 0.2) is 42.5 Å². The van der Waals surface area contributed by atoms with Crippen molar-refractivity contribution in [2.45, 2.75) is 64.6 Å². The average molecular weight is 585 g/mol. The highest BCUT2D eigenvalue weighted by atomic mass is 35.5. The van der Waals surface area contributed by atoms with Crippen LogP contribution < -0.4 is 14.4 Å². The highest BCUT2D eigenvalue weighted by molar-refractivity contribution is 7.92. The second-order valence-electron chi connectivity index (χ2n) is 9.41. The number of para-hydroxylation sites is 2. The van der Waals surface area contributed by atoms with Crippen molar-refractivity contribution in [3.63, 3.8) is 0 Å². The molecule has 1 aliphatic rings. The minimum Gasteiger partial charge on any atom is -0.492 e. The molecule has 208 valence electrons. The number of benzene rings is 2. The maximum absolute atomic E-state index is 13.8. The topological polar surface area (TPSA) is 96.0 Å². The van der Waals surface area contributed by atoms with Gasteiger partial charge in [0.05, 0.1) is 18.6 Å². The maximum Gasteiger partial charge on any atom is 0.244 e. The summed E-state index contributed by atoms with van der Waals surface area (Å²) in [6.45, 7) is 3.12. The molecule has 0 aromatic heterocycles. The van der Waals surface area contributed by atoms with Crippen molar-refractivity contribution in [3.8, 4) is 5.75 Å². The lowest BCUT2D eigenvalue weighted by molar-refractivity contribution is -0.139. The van der Waals surface area contributed by atoms with E-state index in [2.05, 4.69) is 5.32 Å². The summed E-state index contributed by atoms with van der Waals surface area (Å²) in [7, 11) is -3.89. The van der Waals surface area contributed by atoms with Crippen LogP contribution in [0.4, 0.5) is 5.69 Å². The Morgan fingerprint density at radius 1 is 1.05 bits per heavy atom. The quantitative estimate of drug-likeness (QED) is 0.400. The Hall–Kier alpha value is -2.49. The lowest BCUT2D eigenvalue weighted by atomic mass is 9.95. The summed E-state index contributed by atoms with van der Waals surface area (Å²) in [5, 5.41) is 3.75. The third-order valence-electron chi connectivity index (χ3n) is 6.62. The summed E-state index contributed by atoms with van der Waals surface area (Å²) in [4.78, 5) is 28.4. The van der Waals surface area contributed by atoms with Gasteiger partial charge in [-0.25, -0.2) is 8.42 Å². The Bertz CT molecular complexity index is 1210. The van der Waals surface area contributed by atoms with E-state index in [9.17, 15) is 18.0 Å². The number of hydrogen-bond acceptors (Lipinski definition) is 5. The molecule has 1 N–H and O–H groups in total. The van der Waals surface area contributed by atoms with Gasteiger partial charge in [0.25, 0.3) is 0 Å². The number of rotatable bonds is 11. The minimum absolute atomic E-state index is 0.0464. The number of amides is 2. The van der Waals surface area contributed by atoms with Gasteiger partial charge in [-0.3, -0.25) is 13.9 Å². The van der Waals surface area contributed by atoms with Gasteiger partial charge in [0.1, 0.15) is 18.3 Å². The molecule has 1 saturated carbocycles. The molecule has 2 amide bonds. The van der Waals surface area contributed by atoms with E-state index in [1.807, 2.05) is 0 Å². The predicted molar refractivity (Wildman–Crippen MR) is 151 cm³/mol. The molecule has 38 heavy (non-hydrogen) atoms. The van der Waals surface area contributed by atoms with Crippen LogP contribution in [0.2, 0.25) is 10.0 Å². The van der Waals surface area contributed by atoms with Crippen LogP contribution in [-0.4, -0.2) is 56.6 Å². The number of halogens is 2. The number of nitrogens with one attached hydrogen (secondary N) is 1. The number of hydrogen-bond donors (Lipinski definition) is 1. The molecular formula is C27H35Cl2N3O5S. The molecule has 0 unspecified atom stereocenters. The number of sulfonamides is 1. The van der Waals surface area contributed by atoms with Gasteiger partial charge in [-0.15, -0.1) is 0 Å². The first kappa shape index (κ1) is 30.1. The van der Waals surface area contributed by atoms with Crippen LogP contribution in [0, 0.1) is 0 Å². The molecule has 0 radical (unpaired) electrons. The molecule has 1 atom stereocenters. The average Bonchev–Trinajstić information content (AvgIpc) is 2.87. The van der Waals surface area contributed by atoms with Crippen LogP contribution >= 0.6 is 23.2 Å². The van der Waals surface area contributed by atoms with Gasteiger partial charge in [0.15, 0.2) is 0 Å². The van der Waals surface area contributed by atoms with Crippen LogP contribution in [-0.2, 0) is 26.2 Å². The van der Waals surface area contributed by atoms with Crippen molar-refractivity contribution in [1.29, 1.82) is 0 Å². The molecule has 1 aliphatic carbocycles. The van der Waals surface area contributed by atoms with E-state index in [4.69, 9.17) is 27.9 Å². The van der Waals surface area contributed by atoms with Gasteiger partial charge < -0.3 is 15.0 Å². The van der Waals surface area contributed by atoms with Crippen LogP contribution in [0.5, 0.6) is 5.75 Å². The molecule has 0 aliphatic heterocycles. The molecule has 0 spiro atoms. The van der Waals surface area contributed by atoms with Crippen molar-refractivity contribution in [1.82, 2.24) is 10.2 Å². The Kier molecular flexibility index (Phi) is 10.7. The molecule has 0 saturated heterocycles. The highest BCUT2D eigenvalue weighted by Gasteiger charge is 2.32. The highest BCUT2D eigenvalue weighted by Crippen LogP contribution is 2.31. The molecule has 1 fully saturated rings. The number of carbonyl (C=O) groups is 2. The first-order valence-electron chi connectivity index (χ1n) is 12.7. The van der Waals surface area contributed by atoms with E-state index in [1.165, 1.54) is 4.90 Å². The molecule has 0 bridgehead atoms.